The standard InChI is InChI=1S/C20H20N4O3S/c25-18-9-8-16(21-24(18)15-5-2-1-3-6-15)19(26)22-10-12-23(13-11-22)20(27)17-7-4-14-28-17/h1-7,14H,8-13H2. The summed E-state index contributed by atoms with van der Waals surface area (Å²) in [6.45, 7) is 1.93. The zero-order chi connectivity index (χ0) is 19.5. The Morgan fingerprint density at radius 3 is 2.18 bits per heavy atom. The summed E-state index contributed by atoms with van der Waals surface area (Å²) in [5.41, 5.74) is 1.05. The van der Waals surface area contributed by atoms with Crippen molar-refractivity contribution in [2.45, 2.75) is 12.8 Å². The lowest BCUT2D eigenvalue weighted by Gasteiger charge is -2.35. The van der Waals surface area contributed by atoms with Gasteiger partial charge in [-0.2, -0.15) is 5.10 Å². The maximum absolute atomic E-state index is 12.9. The predicted molar refractivity (Wildman–Crippen MR) is 107 cm³/mol. The predicted octanol–water partition coefficient (Wildman–Crippen LogP) is 2.22. The van der Waals surface area contributed by atoms with Gasteiger partial charge in [0.25, 0.3) is 11.8 Å². The number of rotatable bonds is 3. The van der Waals surface area contributed by atoms with E-state index < -0.39 is 0 Å². The molecular formula is C20H20N4O3S. The Bertz CT molecular complexity index is 903. The third-order valence-electron chi connectivity index (χ3n) is 4.87. The lowest BCUT2D eigenvalue weighted by molar-refractivity contribution is -0.125. The topological polar surface area (TPSA) is 73.3 Å². The van der Waals surface area contributed by atoms with E-state index in [1.54, 1.807) is 21.9 Å². The normalized spacial score (nSPS) is 17.5. The van der Waals surface area contributed by atoms with E-state index >= 15 is 0 Å². The van der Waals surface area contributed by atoms with E-state index in [2.05, 4.69) is 5.10 Å². The van der Waals surface area contributed by atoms with Gasteiger partial charge < -0.3 is 9.80 Å². The van der Waals surface area contributed by atoms with Crippen LogP contribution in [0.5, 0.6) is 0 Å². The molecule has 1 saturated heterocycles. The first-order valence-corrected chi connectivity index (χ1v) is 10.1. The lowest BCUT2D eigenvalue weighted by atomic mass is 10.1. The molecule has 2 aromatic rings. The van der Waals surface area contributed by atoms with Crippen LogP contribution in [0.15, 0.2) is 52.9 Å². The van der Waals surface area contributed by atoms with Crippen molar-refractivity contribution in [3.8, 4) is 0 Å². The number of hydrogen-bond acceptors (Lipinski definition) is 5. The van der Waals surface area contributed by atoms with Crippen LogP contribution in [0.2, 0.25) is 0 Å². The average molecular weight is 396 g/mol. The maximum atomic E-state index is 12.9. The molecule has 0 saturated carbocycles. The lowest BCUT2D eigenvalue weighted by Crippen LogP contribution is -2.52. The van der Waals surface area contributed by atoms with Gasteiger partial charge in [-0.15, -0.1) is 11.3 Å². The number of piperazine rings is 1. The van der Waals surface area contributed by atoms with E-state index in [0.717, 1.165) is 0 Å². The van der Waals surface area contributed by atoms with Crippen LogP contribution >= 0.6 is 11.3 Å². The molecule has 2 aliphatic rings. The van der Waals surface area contributed by atoms with Crippen LogP contribution in [-0.2, 0) is 9.59 Å². The van der Waals surface area contributed by atoms with Crippen molar-refractivity contribution in [1.29, 1.82) is 0 Å². The molecule has 0 aliphatic carbocycles. The van der Waals surface area contributed by atoms with E-state index in [4.69, 9.17) is 0 Å². The summed E-state index contributed by atoms with van der Waals surface area (Å²) in [6, 6.07) is 12.8. The number of thiophene rings is 1. The van der Waals surface area contributed by atoms with E-state index in [1.165, 1.54) is 16.3 Å². The number of carbonyl (C=O) groups is 3. The monoisotopic (exact) mass is 396 g/mol. The fourth-order valence-corrected chi connectivity index (χ4v) is 4.02. The van der Waals surface area contributed by atoms with Crippen molar-refractivity contribution in [2.24, 2.45) is 5.10 Å². The highest BCUT2D eigenvalue weighted by Crippen LogP contribution is 2.21. The van der Waals surface area contributed by atoms with Crippen molar-refractivity contribution in [1.82, 2.24) is 9.80 Å². The molecule has 0 radical (unpaired) electrons. The molecule has 8 heteroatoms. The summed E-state index contributed by atoms with van der Waals surface area (Å²) < 4.78 is 0. The molecule has 2 aliphatic heterocycles. The second-order valence-corrected chi connectivity index (χ2v) is 7.60. The molecule has 1 aromatic heterocycles. The molecule has 28 heavy (non-hydrogen) atoms. The Morgan fingerprint density at radius 1 is 0.857 bits per heavy atom. The molecule has 1 fully saturated rings. The molecule has 1 aromatic carbocycles. The van der Waals surface area contributed by atoms with E-state index in [-0.39, 0.29) is 24.1 Å². The summed E-state index contributed by atoms with van der Waals surface area (Å²) in [4.78, 5) is 41.8. The number of amides is 3. The summed E-state index contributed by atoms with van der Waals surface area (Å²) in [5.74, 6) is -0.260. The van der Waals surface area contributed by atoms with Crippen molar-refractivity contribution in [2.75, 3.05) is 31.2 Å². The van der Waals surface area contributed by atoms with Crippen molar-refractivity contribution in [3.63, 3.8) is 0 Å². The molecule has 144 valence electrons. The van der Waals surface area contributed by atoms with Crippen molar-refractivity contribution in [3.05, 3.63) is 52.7 Å². The summed E-state index contributed by atoms with van der Waals surface area (Å²) in [6.07, 6.45) is 0.603. The van der Waals surface area contributed by atoms with Gasteiger partial charge in [0.1, 0.15) is 5.71 Å². The number of hydrogen-bond donors (Lipinski definition) is 0. The highest BCUT2D eigenvalue weighted by Gasteiger charge is 2.31. The zero-order valence-electron chi connectivity index (χ0n) is 15.3. The van der Waals surface area contributed by atoms with Gasteiger partial charge in [0.05, 0.1) is 10.6 Å². The third-order valence-corrected chi connectivity index (χ3v) is 5.72. The van der Waals surface area contributed by atoms with Gasteiger partial charge in [0.15, 0.2) is 0 Å². The number of anilines is 1. The second-order valence-electron chi connectivity index (χ2n) is 6.65. The minimum atomic E-state index is -0.156. The molecular weight excluding hydrogens is 376 g/mol. The van der Waals surface area contributed by atoms with Gasteiger partial charge in [0, 0.05) is 39.0 Å². The first-order chi connectivity index (χ1) is 13.6. The molecule has 3 amide bonds. The third kappa shape index (κ3) is 3.68. The smallest absolute Gasteiger partial charge is 0.270 e. The first kappa shape index (κ1) is 18.4. The van der Waals surface area contributed by atoms with Gasteiger partial charge in [0.2, 0.25) is 5.91 Å². The summed E-state index contributed by atoms with van der Waals surface area (Å²) in [5, 5.41) is 7.53. The molecule has 0 N–H and O–H groups in total. The van der Waals surface area contributed by atoms with Gasteiger partial charge in [-0.1, -0.05) is 24.3 Å². The Labute approximate surface area is 166 Å². The highest BCUT2D eigenvalue weighted by atomic mass is 32.1. The molecule has 0 atom stereocenters. The van der Waals surface area contributed by atoms with Crippen LogP contribution in [0.1, 0.15) is 22.5 Å². The van der Waals surface area contributed by atoms with Crippen LogP contribution in [0.4, 0.5) is 5.69 Å². The highest BCUT2D eigenvalue weighted by molar-refractivity contribution is 7.12. The molecule has 0 spiro atoms. The molecule has 4 rings (SSSR count). The Morgan fingerprint density at radius 2 is 1.54 bits per heavy atom. The SMILES string of the molecule is O=C(C1=NN(c2ccccc2)C(=O)CC1)N1CCN(C(=O)c2cccs2)CC1. The number of nitrogens with zero attached hydrogens (tertiary/aromatic N) is 4. The summed E-state index contributed by atoms with van der Waals surface area (Å²) >= 11 is 1.42. The molecule has 3 heterocycles. The van der Waals surface area contributed by atoms with Crippen LogP contribution in [0, 0.1) is 0 Å². The quantitative estimate of drug-likeness (QED) is 0.799. The average Bonchev–Trinajstić information content (AvgIpc) is 3.29. The molecule has 0 bridgehead atoms. The van der Waals surface area contributed by atoms with E-state index in [0.29, 0.717) is 48.9 Å². The van der Waals surface area contributed by atoms with Crippen LogP contribution < -0.4 is 5.01 Å². The van der Waals surface area contributed by atoms with Crippen molar-refractivity contribution < 1.29 is 14.4 Å². The van der Waals surface area contributed by atoms with Crippen LogP contribution in [-0.4, -0.2) is 59.4 Å². The minimum Gasteiger partial charge on any atom is -0.334 e. The van der Waals surface area contributed by atoms with Gasteiger partial charge in [-0.05, 0) is 23.6 Å². The maximum Gasteiger partial charge on any atom is 0.270 e. The zero-order valence-corrected chi connectivity index (χ0v) is 16.1. The van der Waals surface area contributed by atoms with E-state index in [9.17, 15) is 14.4 Å². The summed E-state index contributed by atoms with van der Waals surface area (Å²) in [7, 11) is 0. The Balaban J connectivity index is 1.42. The van der Waals surface area contributed by atoms with Gasteiger partial charge in [-0.3, -0.25) is 14.4 Å². The van der Waals surface area contributed by atoms with Gasteiger partial charge >= 0.3 is 0 Å². The molecule has 7 nitrogen and oxygen atoms in total. The van der Waals surface area contributed by atoms with Crippen molar-refractivity contribution >= 4 is 40.5 Å². The fraction of sp³-hybridized carbons (Fsp3) is 0.300. The number of benzene rings is 1. The van der Waals surface area contributed by atoms with E-state index in [1.807, 2.05) is 35.7 Å². The Hall–Kier alpha value is -3.00. The number of carbonyl (C=O) groups excluding carboxylic acids is 3. The largest absolute Gasteiger partial charge is 0.334 e. The fourth-order valence-electron chi connectivity index (χ4n) is 3.33. The number of para-hydroxylation sites is 1. The minimum absolute atomic E-state index is 0.0120. The van der Waals surface area contributed by atoms with Crippen LogP contribution in [0.3, 0.4) is 0 Å². The number of hydrazone groups is 1. The van der Waals surface area contributed by atoms with Crippen LogP contribution in [0.25, 0.3) is 0 Å². The van der Waals surface area contributed by atoms with Gasteiger partial charge in [-0.25, -0.2) is 5.01 Å². The first-order valence-electron chi connectivity index (χ1n) is 9.21. The Kier molecular flexibility index (Phi) is 5.21. The molecule has 0 unspecified atom stereocenters. The second kappa shape index (κ2) is 7.93.